The molecule has 0 fully saturated rings. The van der Waals surface area contributed by atoms with Crippen molar-refractivity contribution in [1.82, 2.24) is 10.3 Å². The van der Waals surface area contributed by atoms with Crippen LogP contribution in [0, 0.1) is 0 Å². The van der Waals surface area contributed by atoms with E-state index in [-0.39, 0.29) is 5.75 Å². The Bertz CT molecular complexity index is 376. The fourth-order valence-corrected chi connectivity index (χ4v) is 1.85. The predicted molar refractivity (Wildman–Crippen MR) is 60.3 cm³/mol. The van der Waals surface area contributed by atoms with E-state index < -0.39 is 9.84 Å². The maximum atomic E-state index is 10.8. The van der Waals surface area contributed by atoms with Crippen LogP contribution in [-0.4, -0.2) is 32.0 Å². The fourth-order valence-electron chi connectivity index (χ4n) is 1.18. The van der Waals surface area contributed by atoms with E-state index in [2.05, 4.69) is 10.3 Å². The first-order valence-corrected chi connectivity index (χ1v) is 6.92. The summed E-state index contributed by atoms with van der Waals surface area (Å²) in [7, 11) is -2.82. The highest BCUT2D eigenvalue weighted by atomic mass is 32.2. The third-order valence-electron chi connectivity index (χ3n) is 1.90. The van der Waals surface area contributed by atoms with Gasteiger partial charge in [-0.25, -0.2) is 8.42 Å². The Balaban J connectivity index is 2.13. The first kappa shape index (κ1) is 12.1. The van der Waals surface area contributed by atoms with Crippen molar-refractivity contribution in [2.24, 2.45) is 0 Å². The zero-order valence-electron chi connectivity index (χ0n) is 8.81. The van der Waals surface area contributed by atoms with Crippen LogP contribution in [0.4, 0.5) is 0 Å². The van der Waals surface area contributed by atoms with Crippen LogP contribution < -0.4 is 5.32 Å². The molecule has 1 heterocycles. The lowest BCUT2D eigenvalue weighted by atomic mass is 10.3. The Morgan fingerprint density at radius 2 is 2.20 bits per heavy atom. The van der Waals surface area contributed by atoms with Gasteiger partial charge in [-0.15, -0.1) is 0 Å². The quantitative estimate of drug-likeness (QED) is 0.725. The SMILES string of the molecule is CS(=O)(=O)CCCNCc1ccccn1. The molecule has 1 N–H and O–H groups in total. The van der Waals surface area contributed by atoms with Gasteiger partial charge in [0.25, 0.3) is 0 Å². The second-order valence-corrected chi connectivity index (χ2v) is 5.74. The smallest absolute Gasteiger partial charge is 0.147 e. The van der Waals surface area contributed by atoms with Crippen molar-refractivity contribution in [2.75, 3.05) is 18.6 Å². The Morgan fingerprint density at radius 3 is 2.80 bits per heavy atom. The van der Waals surface area contributed by atoms with Crippen LogP contribution in [0.2, 0.25) is 0 Å². The zero-order chi connectivity index (χ0) is 11.1. The first-order chi connectivity index (χ1) is 7.08. The van der Waals surface area contributed by atoms with E-state index in [0.29, 0.717) is 19.5 Å². The van der Waals surface area contributed by atoms with Gasteiger partial charge in [-0.05, 0) is 25.1 Å². The standard InChI is InChI=1S/C10H16N2O2S/c1-15(13,14)8-4-6-11-9-10-5-2-3-7-12-10/h2-3,5,7,11H,4,6,8-9H2,1H3. The summed E-state index contributed by atoms with van der Waals surface area (Å²) in [5, 5.41) is 3.15. The minimum absolute atomic E-state index is 0.238. The second-order valence-electron chi connectivity index (χ2n) is 3.48. The number of aromatic nitrogens is 1. The highest BCUT2D eigenvalue weighted by molar-refractivity contribution is 7.90. The van der Waals surface area contributed by atoms with Crippen LogP contribution >= 0.6 is 0 Å². The number of sulfone groups is 1. The Labute approximate surface area is 90.7 Å². The number of hydrogen-bond acceptors (Lipinski definition) is 4. The normalized spacial score (nSPS) is 11.5. The van der Waals surface area contributed by atoms with E-state index in [9.17, 15) is 8.42 Å². The number of pyridine rings is 1. The van der Waals surface area contributed by atoms with Crippen molar-refractivity contribution in [3.05, 3.63) is 30.1 Å². The van der Waals surface area contributed by atoms with Gasteiger partial charge in [0.1, 0.15) is 9.84 Å². The average Bonchev–Trinajstić information content (AvgIpc) is 2.17. The summed E-state index contributed by atoms with van der Waals surface area (Å²) in [6.45, 7) is 1.38. The molecule has 0 saturated carbocycles. The highest BCUT2D eigenvalue weighted by Gasteiger charge is 2.00. The minimum atomic E-state index is -2.82. The van der Waals surface area contributed by atoms with Gasteiger partial charge in [-0.3, -0.25) is 4.98 Å². The van der Waals surface area contributed by atoms with Crippen molar-refractivity contribution in [3.8, 4) is 0 Å². The lowest BCUT2D eigenvalue weighted by molar-refractivity contribution is 0.593. The molecular formula is C10H16N2O2S. The van der Waals surface area contributed by atoms with Gasteiger partial charge in [0.15, 0.2) is 0 Å². The molecule has 15 heavy (non-hydrogen) atoms. The van der Waals surface area contributed by atoms with E-state index in [4.69, 9.17) is 0 Å². The van der Waals surface area contributed by atoms with Gasteiger partial charge in [-0.1, -0.05) is 6.07 Å². The molecule has 1 aromatic rings. The number of nitrogens with one attached hydrogen (secondary N) is 1. The Morgan fingerprint density at radius 1 is 1.40 bits per heavy atom. The van der Waals surface area contributed by atoms with E-state index >= 15 is 0 Å². The molecule has 0 aromatic carbocycles. The van der Waals surface area contributed by atoms with Crippen LogP contribution in [0.1, 0.15) is 12.1 Å². The van der Waals surface area contributed by atoms with Crippen LogP contribution in [0.25, 0.3) is 0 Å². The van der Waals surface area contributed by atoms with Crippen molar-refractivity contribution < 1.29 is 8.42 Å². The van der Waals surface area contributed by atoms with Crippen molar-refractivity contribution in [2.45, 2.75) is 13.0 Å². The molecule has 84 valence electrons. The highest BCUT2D eigenvalue weighted by Crippen LogP contribution is 1.92. The van der Waals surface area contributed by atoms with E-state index in [1.54, 1.807) is 6.20 Å². The zero-order valence-corrected chi connectivity index (χ0v) is 9.63. The Hall–Kier alpha value is -0.940. The van der Waals surface area contributed by atoms with E-state index in [1.807, 2.05) is 18.2 Å². The topological polar surface area (TPSA) is 59.1 Å². The van der Waals surface area contributed by atoms with E-state index in [0.717, 1.165) is 5.69 Å². The molecule has 5 heteroatoms. The van der Waals surface area contributed by atoms with Crippen molar-refractivity contribution in [1.29, 1.82) is 0 Å². The van der Waals surface area contributed by atoms with Crippen molar-refractivity contribution in [3.63, 3.8) is 0 Å². The fraction of sp³-hybridized carbons (Fsp3) is 0.500. The summed E-state index contributed by atoms with van der Waals surface area (Å²) in [4.78, 5) is 4.14. The summed E-state index contributed by atoms with van der Waals surface area (Å²) in [6, 6.07) is 5.73. The molecule has 0 amide bonds. The monoisotopic (exact) mass is 228 g/mol. The molecule has 0 radical (unpaired) electrons. The van der Waals surface area contributed by atoms with Gasteiger partial charge >= 0.3 is 0 Å². The van der Waals surface area contributed by atoms with Crippen molar-refractivity contribution >= 4 is 9.84 Å². The van der Waals surface area contributed by atoms with Gasteiger partial charge in [-0.2, -0.15) is 0 Å². The lowest BCUT2D eigenvalue weighted by Crippen LogP contribution is -2.18. The minimum Gasteiger partial charge on any atom is -0.311 e. The Kier molecular flexibility index (Phi) is 4.71. The second kappa shape index (κ2) is 5.82. The molecule has 0 saturated heterocycles. The molecule has 0 bridgehead atoms. The molecule has 0 aliphatic rings. The molecule has 0 unspecified atom stereocenters. The maximum Gasteiger partial charge on any atom is 0.147 e. The third-order valence-corrected chi connectivity index (χ3v) is 2.93. The van der Waals surface area contributed by atoms with Crippen LogP contribution in [0.5, 0.6) is 0 Å². The number of rotatable bonds is 6. The number of hydrogen-bond donors (Lipinski definition) is 1. The third kappa shape index (κ3) is 6.19. The molecule has 1 rings (SSSR count). The summed E-state index contributed by atoms with van der Waals surface area (Å²) >= 11 is 0. The number of nitrogens with zero attached hydrogens (tertiary/aromatic N) is 1. The molecule has 0 atom stereocenters. The van der Waals surface area contributed by atoms with Crippen LogP contribution in [0.3, 0.4) is 0 Å². The molecule has 1 aromatic heterocycles. The van der Waals surface area contributed by atoms with Crippen LogP contribution in [-0.2, 0) is 16.4 Å². The van der Waals surface area contributed by atoms with Gasteiger partial charge in [0.05, 0.1) is 11.4 Å². The average molecular weight is 228 g/mol. The summed E-state index contributed by atoms with van der Waals surface area (Å²) in [6.07, 6.45) is 3.64. The molecule has 0 aliphatic carbocycles. The van der Waals surface area contributed by atoms with Gasteiger partial charge < -0.3 is 5.32 Å². The lowest BCUT2D eigenvalue weighted by Gasteiger charge is -2.03. The largest absolute Gasteiger partial charge is 0.311 e. The molecule has 0 aliphatic heterocycles. The molecular weight excluding hydrogens is 212 g/mol. The van der Waals surface area contributed by atoms with Gasteiger partial charge in [0, 0.05) is 19.0 Å². The predicted octanol–water partition coefficient (Wildman–Crippen LogP) is 0.606. The van der Waals surface area contributed by atoms with E-state index in [1.165, 1.54) is 6.26 Å². The van der Waals surface area contributed by atoms with Crippen LogP contribution in [0.15, 0.2) is 24.4 Å². The van der Waals surface area contributed by atoms with Gasteiger partial charge in [0.2, 0.25) is 0 Å². The summed E-state index contributed by atoms with van der Waals surface area (Å²) < 4.78 is 21.6. The molecule has 0 spiro atoms. The maximum absolute atomic E-state index is 10.8. The summed E-state index contributed by atoms with van der Waals surface area (Å²) in [5.74, 6) is 0.238. The summed E-state index contributed by atoms with van der Waals surface area (Å²) in [5.41, 5.74) is 0.969. The first-order valence-electron chi connectivity index (χ1n) is 4.86. The molecule has 4 nitrogen and oxygen atoms in total.